The second-order valence-electron chi connectivity index (χ2n) is 5.55. The third-order valence-electron chi connectivity index (χ3n) is 3.27. The van der Waals surface area contributed by atoms with E-state index in [1.54, 1.807) is 12.1 Å². The van der Waals surface area contributed by atoms with Crippen molar-refractivity contribution in [2.24, 2.45) is 4.99 Å². The first kappa shape index (κ1) is 15.9. The molecule has 0 fully saturated rings. The number of hydrogen-bond acceptors (Lipinski definition) is 4. The molecule has 1 heterocycles. The van der Waals surface area contributed by atoms with Gasteiger partial charge in [0.1, 0.15) is 11.6 Å². The highest BCUT2D eigenvalue weighted by molar-refractivity contribution is 6.12. The van der Waals surface area contributed by atoms with E-state index in [4.69, 9.17) is 9.47 Å². The van der Waals surface area contributed by atoms with E-state index in [1.807, 2.05) is 38.1 Å². The Hall–Kier alpha value is -2.95. The summed E-state index contributed by atoms with van der Waals surface area (Å²) in [5, 5.41) is 0. The number of ether oxygens (including phenoxy) is 2. The average Bonchev–Trinajstić information content (AvgIpc) is 2.90. The van der Waals surface area contributed by atoms with Crippen LogP contribution in [0.25, 0.3) is 6.08 Å². The molecule has 1 aliphatic heterocycles. The zero-order valence-electron chi connectivity index (χ0n) is 13.3. The molecule has 4 nitrogen and oxygen atoms in total. The van der Waals surface area contributed by atoms with Gasteiger partial charge in [-0.3, -0.25) is 0 Å². The van der Waals surface area contributed by atoms with Crippen LogP contribution in [0.3, 0.4) is 0 Å². The van der Waals surface area contributed by atoms with E-state index in [0.717, 1.165) is 5.56 Å². The highest BCUT2D eigenvalue weighted by atomic mass is 19.1. The standard InChI is InChI=1S/C19H16FNO3/c1-12(2)23-17-9-4-3-6-13(17)11-16-19(22)24-18(21-16)14-7-5-8-15(20)10-14/h3-12H,1-2H3/b16-11-. The summed E-state index contributed by atoms with van der Waals surface area (Å²) in [6, 6.07) is 13.1. The quantitative estimate of drug-likeness (QED) is 0.631. The van der Waals surface area contributed by atoms with Crippen LogP contribution in [0, 0.1) is 5.82 Å². The minimum absolute atomic E-state index is 0.00596. The first-order valence-electron chi connectivity index (χ1n) is 7.57. The van der Waals surface area contributed by atoms with Crippen LogP contribution < -0.4 is 4.74 Å². The van der Waals surface area contributed by atoms with Crippen molar-refractivity contribution in [1.29, 1.82) is 0 Å². The fraction of sp³-hybridized carbons (Fsp3) is 0.158. The molecule has 0 aromatic heterocycles. The number of halogens is 1. The van der Waals surface area contributed by atoms with Gasteiger partial charge in [-0.05, 0) is 44.2 Å². The highest BCUT2D eigenvalue weighted by Gasteiger charge is 2.24. The Balaban J connectivity index is 1.95. The lowest BCUT2D eigenvalue weighted by atomic mass is 10.1. The summed E-state index contributed by atoms with van der Waals surface area (Å²) in [5.41, 5.74) is 1.29. The number of carbonyl (C=O) groups is 1. The Morgan fingerprint density at radius 1 is 1.17 bits per heavy atom. The fourth-order valence-corrected chi connectivity index (χ4v) is 2.26. The molecule has 0 aliphatic carbocycles. The summed E-state index contributed by atoms with van der Waals surface area (Å²) < 4.78 is 24.2. The topological polar surface area (TPSA) is 47.9 Å². The molecule has 3 rings (SSSR count). The number of para-hydroxylation sites is 1. The molecule has 2 aromatic rings. The number of rotatable bonds is 4. The molecular formula is C19H16FNO3. The first-order chi connectivity index (χ1) is 11.5. The van der Waals surface area contributed by atoms with Crippen LogP contribution in [0.2, 0.25) is 0 Å². The molecule has 122 valence electrons. The van der Waals surface area contributed by atoms with E-state index in [0.29, 0.717) is 11.3 Å². The van der Waals surface area contributed by atoms with Gasteiger partial charge in [0.05, 0.1) is 6.10 Å². The molecule has 0 saturated heterocycles. The van der Waals surface area contributed by atoms with Crippen molar-refractivity contribution in [3.63, 3.8) is 0 Å². The number of cyclic esters (lactones) is 1. The lowest BCUT2D eigenvalue weighted by Crippen LogP contribution is -2.07. The van der Waals surface area contributed by atoms with Crippen LogP contribution in [0.15, 0.2) is 59.2 Å². The molecule has 0 saturated carbocycles. The molecule has 0 N–H and O–H groups in total. The number of benzene rings is 2. The zero-order chi connectivity index (χ0) is 17.1. The Labute approximate surface area is 139 Å². The van der Waals surface area contributed by atoms with Crippen LogP contribution in [-0.4, -0.2) is 18.0 Å². The molecule has 0 atom stereocenters. The normalized spacial score (nSPS) is 15.6. The van der Waals surface area contributed by atoms with E-state index >= 15 is 0 Å². The molecule has 0 unspecified atom stereocenters. The maximum Gasteiger partial charge on any atom is 0.363 e. The lowest BCUT2D eigenvalue weighted by Gasteiger charge is -2.12. The Morgan fingerprint density at radius 3 is 2.71 bits per heavy atom. The van der Waals surface area contributed by atoms with E-state index < -0.39 is 11.8 Å². The summed E-state index contributed by atoms with van der Waals surface area (Å²) in [5.74, 6) is -0.247. The van der Waals surface area contributed by atoms with Gasteiger partial charge in [0.2, 0.25) is 5.90 Å². The Morgan fingerprint density at radius 2 is 1.96 bits per heavy atom. The van der Waals surface area contributed by atoms with Gasteiger partial charge in [-0.2, -0.15) is 0 Å². The molecule has 5 heteroatoms. The third kappa shape index (κ3) is 3.51. The van der Waals surface area contributed by atoms with Gasteiger partial charge in [-0.1, -0.05) is 24.3 Å². The van der Waals surface area contributed by atoms with Crippen molar-refractivity contribution in [2.45, 2.75) is 20.0 Å². The fourth-order valence-electron chi connectivity index (χ4n) is 2.26. The largest absolute Gasteiger partial charge is 0.490 e. The molecule has 0 bridgehead atoms. The molecular weight excluding hydrogens is 309 g/mol. The lowest BCUT2D eigenvalue weighted by molar-refractivity contribution is -0.129. The Bertz CT molecular complexity index is 840. The maximum atomic E-state index is 13.3. The van der Waals surface area contributed by atoms with Crippen LogP contribution in [0.5, 0.6) is 5.75 Å². The van der Waals surface area contributed by atoms with Crippen molar-refractivity contribution >= 4 is 17.9 Å². The van der Waals surface area contributed by atoms with Crippen LogP contribution in [0.1, 0.15) is 25.0 Å². The van der Waals surface area contributed by atoms with Gasteiger partial charge < -0.3 is 9.47 Å². The number of aliphatic imine (C=N–C) groups is 1. The van der Waals surface area contributed by atoms with Crippen LogP contribution in [-0.2, 0) is 9.53 Å². The van der Waals surface area contributed by atoms with E-state index in [-0.39, 0.29) is 17.7 Å². The summed E-state index contributed by atoms with van der Waals surface area (Å²) >= 11 is 0. The van der Waals surface area contributed by atoms with Gasteiger partial charge in [0, 0.05) is 11.1 Å². The zero-order valence-corrected chi connectivity index (χ0v) is 13.3. The Kier molecular flexibility index (Phi) is 4.42. The predicted octanol–water partition coefficient (Wildman–Crippen LogP) is 3.96. The van der Waals surface area contributed by atoms with Crippen molar-refractivity contribution in [1.82, 2.24) is 0 Å². The van der Waals surface area contributed by atoms with E-state index in [1.165, 1.54) is 18.2 Å². The van der Waals surface area contributed by atoms with Crippen molar-refractivity contribution < 1.29 is 18.7 Å². The van der Waals surface area contributed by atoms with Gasteiger partial charge in [-0.25, -0.2) is 14.2 Å². The molecule has 2 aromatic carbocycles. The summed E-state index contributed by atoms with van der Waals surface area (Å²) in [6.45, 7) is 3.85. The van der Waals surface area contributed by atoms with Crippen molar-refractivity contribution in [3.8, 4) is 5.75 Å². The first-order valence-corrected chi connectivity index (χ1v) is 7.57. The van der Waals surface area contributed by atoms with Crippen LogP contribution in [0.4, 0.5) is 4.39 Å². The maximum absolute atomic E-state index is 13.3. The number of esters is 1. The highest BCUT2D eigenvalue weighted by Crippen LogP contribution is 2.25. The van der Waals surface area contributed by atoms with E-state index in [9.17, 15) is 9.18 Å². The van der Waals surface area contributed by atoms with E-state index in [2.05, 4.69) is 4.99 Å². The van der Waals surface area contributed by atoms with Gasteiger partial charge in [0.15, 0.2) is 5.70 Å². The van der Waals surface area contributed by atoms with Gasteiger partial charge in [0.25, 0.3) is 0 Å². The second kappa shape index (κ2) is 6.66. The summed E-state index contributed by atoms with van der Waals surface area (Å²) in [7, 11) is 0. The van der Waals surface area contributed by atoms with Crippen LogP contribution >= 0.6 is 0 Å². The van der Waals surface area contributed by atoms with Gasteiger partial charge in [-0.15, -0.1) is 0 Å². The summed E-state index contributed by atoms with van der Waals surface area (Å²) in [6.07, 6.45) is 1.61. The minimum Gasteiger partial charge on any atom is -0.490 e. The van der Waals surface area contributed by atoms with Gasteiger partial charge >= 0.3 is 5.97 Å². The number of hydrogen-bond donors (Lipinski definition) is 0. The molecule has 1 aliphatic rings. The molecule has 0 amide bonds. The predicted molar refractivity (Wildman–Crippen MR) is 89.2 cm³/mol. The summed E-state index contributed by atoms with van der Waals surface area (Å²) in [4.78, 5) is 16.2. The van der Waals surface area contributed by atoms with Crippen molar-refractivity contribution in [3.05, 3.63) is 71.2 Å². The number of nitrogens with zero attached hydrogens (tertiary/aromatic N) is 1. The molecule has 0 radical (unpaired) electrons. The smallest absolute Gasteiger partial charge is 0.363 e. The molecule has 24 heavy (non-hydrogen) atoms. The minimum atomic E-state index is -0.575. The molecule has 0 spiro atoms. The third-order valence-corrected chi connectivity index (χ3v) is 3.27. The SMILES string of the molecule is CC(C)Oc1ccccc1/C=C1\N=C(c2cccc(F)c2)OC1=O. The number of carbonyl (C=O) groups excluding carboxylic acids is 1. The average molecular weight is 325 g/mol. The second-order valence-corrected chi connectivity index (χ2v) is 5.55. The van der Waals surface area contributed by atoms with Crippen molar-refractivity contribution in [2.75, 3.05) is 0 Å². The monoisotopic (exact) mass is 325 g/mol.